The summed E-state index contributed by atoms with van der Waals surface area (Å²) < 4.78 is 0. The van der Waals surface area contributed by atoms with Gasteiger partial charge in [0.25, 0.3) is 0 Å². The number of aryl methyl sites for hydroxylation is 1. The fourth-order valence-electron chi connectivity index (χ4n) is 2.86. The second kappa shape index (κ2) is 4.89. The maximum atomic E-state index is 6.43. The van der Waals surface area contributed by atoms with Crippen molar-refractivity contribution in [2.45, 2.75) is 46.1 Å². The van der Waals surface area contributed by atoms with E-state index >= 15 is 0 Å². The largest absolute Gasteiger partial charge is 0.323 e. The maximum Gasteiger partial charge on any atom is 0.0421 e. The molecule has 1 nitrogen and oxygen atoms in total. The summed E-state index contributed by atoms with van der Waals surface area (Å²) in [5, 5.41) is 2.17. The molecule has 1 fully saturated rings. The molecule has 90 valence electrons. The molecule has 0 saturated heterocycles. The van der Waals surface area contributed by atoms with Gasteiger partial charge in [-0.15, -0.1) is 11.3 Å². The van der Waals surface area contributed by atoms with E-state index in [0.717, 1.165) is 11.8 Å². The van der Waals surface area contributed by atoms with E-state index in [1.165, 1.54) is 29.7 Å². The third kappa shape index (κ3) is 2.33. The van der Waals surface area contributed by atoms with E-state index in [0.29, 0.717) is 5.92 Å². The summed E-state index contributed by atoms with van der Waals surface area (Å²) in [4.78, 5) is 1.41. The third-order valence-electron chi connectivity index (χ3n) is 4.35. The average molecular weight is 237 g/mol. The Morgan fingerprint density at radius 3 is 2.62 bits per heavy atom. The van der Waals surface area contributed by atoms with Crippen LogP contribution in [0.2, 0.25) is 0 Å². The minimum Gasteiger partial charge on any atom is -0.323 e. The Kier molecular flexibility index (Phi) is 3.70. The molecule has 2 N–H and O–H groups in total. The standard InChI is InChI=1S/C14H23NS/c1-9-4-5-12(8-11(9)3)13(15)14-10(2)6-7-16-14/h6-7,9,11-13H,4-5,8,15H2,1-3H3. The minimum absolute atomic E-state index is 0.273. The second-order valence-electron chi connectivity index (χ2n) is 5.52. The Morgan fingerprint density at radius 2 is 2.06 bits per heavy atom. The van der Waals surface area contributed by atoms with E-state index in [4.69, 9.17) is 5.73 Å². The SMILES string of the molecule is Cc1ccsc1C(N)C1CCC(C)C(C)C1. The van der Waals surface area contributed by atoms with E-state index < -0.39 is 0 Å². The smallest absolute Gasteiger partial charge is 0.0421 e. The molecule has 1 aromatic rings. The van der Waals surface area contributed by atoms with Crippen molar-refractivity contribution in [3.05, 3.63) is 21.9 Å². The molecule has 4 atom stereocenters. The lowest BCUT2D eigenvalue weighted by Gasteiger charge is -2.35. The van der Waals surface area contributed by atoms with Gasteiger partial charge in [-0.3, -0.25) is 0 Å². The molecule has 2 rings (SSSR count). The highest BCUT2D eigenvalue weighted by Gasteiger charge is 2.30. The van der Waals surface area contributed by atoms with Crippen molar-refractivity contribution < 1.29 is 0 Å². The van der Waals surface area contributed by atoms with Gasteiger partial charge < -0.3 is 5.73 Å². The first-order valence-corrected chi connectivity index (χ1v) is 7.27. The molecule has 0 amide bonds. The summed E-state index contributed by atoms with van der Waals surface area (Å²) in [6.07, 6.45) is 3.97. The Balaban J connectivity index is 2.06. The summed E-state index contributed by atoms with van der Waals surface area (Å²) in [6, 6.07) is 2.46. The van der Waals surface area contributed by atoms with Crippen LogP contribution < -0.4 is 5.73 Å². The van der Waals surface area contributed by atoms with E-state index in [1.54, 1.807) is 0 Å². The Labute approximate surface area is 103 Å². The average Bonchev–Trinajstić information content (AvgIpc) is 2.67. The fourth-order valence-corrected chi connectivity index (χ4v) is 3.88. The lowest BCUT2D eigenvalue weighted by atomic mass is 9.73. The van der Waals surface area contributed by atoms with Gasteiger partial charge in [-0.1, -0.05) is 20.3 Å². The molecule has 1 aliphatic rings. The lowest BCUT2D eigenvalue weighted by Crippen LogP contribution is -2.29. The number of thiophene rings is 1. The number of hydrogen-bond donors (Lipinski definition) is 1. The quantitative estimate of drug-likeness (QED) is 0.822. The highest BCUT2D eigenvalue weighted by Crippen LogP contribution is 2.40. The van der Waals surface area contributed by atoms with Gasteiger partial charge in [0, 0.05) is 10.9 Å². The van der Waals surface area contributed by atoms with Gasteiger partial charge >= 0.3 is 0 Å². The number of nitrogens with two attached hydrogens (primary N) is 1. The van der Waals surface area contributed by atoms with Crippen LogP contribution in [0, 0.1) is 24.7 Å². The molecule has 0 aromatic carbocycles. The molecule has 1 saturated carbocycles. The molecule has 4 unspecified atom stereocenters. The molecule has 1 heterocycles. The molecule has 0 spiro atoms. The van der Waals surface area contributed by atoms with E-state index in [2.05, 4.69) is 32.2 Å². The first-order chi connectivity index (χ1) is 7.59. The van der Waals surface area contributed by atoms with Crippen LogP contribution in [-0.2, 0) is 0 Å². The fraction of sp³-hybridized carbons (Fsp3) is 0.714. The number of hydrogen-bond acceptors (Lipinski definition) is 2. The van der Waals surface area contributed by atoms with Crippen molar-refractivity contribution in [2.75, 3.05) is 0 Å². The Bertz CT molecular complexity index is 344. The van der Waals surface area contributed by atoms with Crippen LogP contribution in [0.15, 0.2) is 11.4 Å². The van der Waals surface area contributed by atoms with E-state index in [9.17, 15) is 0 Å². The summed E-state index contributed by atoms with van der Waals surface area (Å²) in [6.45, 7) is 6.94. The van der Waals surface area contributed by atoms with Crippen molar-refractivity contribution in [1.82, 2.24) is 0 Å². The molecular weight excluding hydrogens is 214 g/mol. The van der Waals surface area contributed by atoms with Crippen LogP contribution in [-0.4, -0.2) is 0 Å². The van der Waals surface area contributed by atoms with Gasteiger partial charge in [0.05, 0.1) is 0 Å². The summed E-state index contributed by atoms with van der Waals surface area (Å²) in [7, 11) is 0. The van der Waals surface area contributed by atoms with Gasteiger partial charge in [-0.2, -0.15) is 0 Å². The van der Waals surface area contributed by atoms with Crippen molar-refractivity contribution in [3.63, 3.8) is 0 Å². The van der Waals surface area contributed by atoms with Crippen molar-refractivity contribution in [3.8, 4) is 0 Å². The van der Waals surface area contributed by atoms with Gasteiger partial charge in [-0.25, -0.2) is 0 Å². The van der Waals surface area contributed by atoms with Gasteiger partial charge in [-0.05, 0) is 54.5 Å². The maximum absolute atomic E-state index is 6.43. The Morgan fingerprint density at radius 1 is 1.31 bits per heavy atom. The summed E-state index contributed by atoms with van der Waals surface area (Å²) in [5.74, 6) is 2.42. The van der Waals surface area contributed by atoms with Crippen LogP contribution in [0.4, 0.5) is 0 Å². The molecular formula is C14H23NS. The molecule has 0 bridgehead atoms. The molecule has 2 heteroatoms. The summed E-state index contributed by atoms with van der Waals surface area (Å²) in [5.41, 5.74) is 7.81. The van der Waals surface area contributed by atoms with Crippen LogP contribution in [0.1, 0.15) is 49.6 Å². The summed E-state index contributed by atoms with van der Waals surface area (Å²) >= 11 is 1.83. The van der Waals surface area contributed by atoms with Crippen LogP contribution >= 0.6 is 11.3 Å². The van der Waals surface area contributed by atoms with Crippen LogP contribution in [0.3, 0.4) is 0 Å². The van der Waals surface area contributed by atoms with Gasteiger partial charge in [0.2, 0.25) is 0 Å². The monoisotopic (exact) mass is 237 g/mol. The molecule has 1 aromatic heterocycles. The predicted octanol–water partition coefficient (Wildman–Crippen LogP) is 4.13. The van der Waals surface area contributed by atoms with Gasteiger partial charge in [0.1, 0.15) is 0 Å². The molecule has 0 aliphatic heterocycles. The zero-order valence-electron chi connectivity index (χ0n) is 10.6. The van der Waals surface area contributed by atoms with Gasteiger partial charge in [0.15, 0.2) is 0 Å². The Hall–Kier alpha value is -0.340. The topological polar surface area (TPSA) is 26.0 Å². The van der Waals surface area contributed by atoms with Crippen molar-refractivity contribution in [2.24, 2.45) is 23.5 Å². The molecule has 1 aliphatic carbocycles. The zero-order chi connectivity index (χ0) is 11.7. The highest BCUT2D eigenvalue weighted by molar-refractivity contribution is 7.10. The third-order valence-corrected chi connectivity index (χ3v) is 5.47. The van der Waals surface area contributed by atoms with Crippen LogP contribution in [0.5, 0.6) is 0 Å². The predicted molar refractivity (Wildman–Crippen MR) is 71.7 cm³/mol. The van der Waals surface area contributed by atoms with Crippen molar-refractivity contribution >= 4 is 11.3 Å². The lowest BCUT2D eigenvalue weighted by molar-refractivity contribution is 0.187. The van der Waals surface area contributed by atoms with E-state index in [1.807, 2.05) is 11.3 Å². The first-order valence-electron chi connectivity index (χ1n) is 6.39. The minimum atomic E-state index is 0.273. The highest BCUT2D eigenvalue weighted by atomic mass is 32.1. The normalized spacial score (nSPS) is 32.6. The first kappa shape index (κ1) is 12.1. The van der Waals surface area contributed by atoms with Crippen LogP contribution in [0.25, 0.3) is 0 Å². The van der Waals surface area contributed by atoms with E-state index in [-0.39, 0.29) is 6.04 Å². The molecule has 0 radical (unpaired) electrons. The van der Waals surface area contributed by atoms with Crippen molar-refractivity contribution in [1.29, 1.82) is 0 Å². The molecule has 16 heavy (non-hydrogen) atoms. The number of rotatable bonds is 2. The zero-order valence-corrected chi connectivity index (χ0v) is 11.4. The second-order valence-corrected chi connectivity index (χ2v) is 6.47.